The van der Waals surface area contributed by atoms with Gasteiger partial charge in [0.15, 0.2) is 0 Å². The number of nitrogen functional groups attached to an aromatic ring is 1. The Balaban J connectivity index is 1.41. The van der Waals surface area contributed by atoms with Gasteiger partial charge in [0.1, 0.15) is 41.7 Å². The van der Waals surface area contributed by atoms with E-state index in [4.69, 9.17) is 20.6 Å². The number of aromatic hydroxyl groups is 1. The second-order valence-corrected chi connectivity index (χ2v) is 9.03. The summed E-state index contributed by atoms with van der Waals surface area (Å²) in [6.07, 6.45) is -4.55. The zero-order valence-electron chi connectivity index (χ0n) is 20.6. The van der Waals surface area contributed by atoms with E-state index < -0.39 is 11.6 Å². The van der Waals surface area contributed by atoms with E-state index in [2.05, 4.69) is 0 Å². The summed E-state index contributed by atoms with van der Waals surface area (Å²) in [7, 11) is 0. The van der Waals surface area contributed by atoms with Gasteiger partial charge in [-0.05, 0) is 83.8 Å². The van der Waals surface area contributed by atoms with Crippen molar-refractivity contribution < 1.29 is 27.8 Å². The number of nitrogens with two attached hydrogens (primary N) is 1. The van der Waals surface area contributed by atoms with Gasteiger partial charge < -0.3 is 20.3 Å². The van der Waals surface area contributed by atoms with Crippen molar-refractivity contribution in [3.63, 3.8) is 0 Å². The maximum absolute atomic E-state index is 14.2. The van der Waals surface area contributed by atoms with Crippen LogP contribution < -0.4 is 15.2 Å². The molecule has 196 valence electrons. The van der Waals surface area contributed by atoms with Crippen LogP contribution in [-0.2, 0) is 18.6 Å². The number of nitrogens with one attached hydrogen (secondary N) is 1. The van der Waals surface area contributed by atoms with Gasteiger partial charge in [-0.3, -0.25) is 5.41 Å². The highest BCUT2D eigenvalue weighted by molar-refractivity contribution is 5.94. The van der Waals surface area contributed by atoms with E-state index in [-0.39, 0.29) is 29.3 Å². The van der Waals surface area contributed by atoms with Crippen molar-refractivity contribution in [1.29, 1.82) is 5.41 Å². The third-order valence-corrected chi connectivity index (χ3v) is 6.41. The largest absolute Gasteiger partial charge is 0.508 e. The standard InChI is InChI=1S/C30H27F3N2O3/c1-29(30(31,32)33,23-7-11-25(36)12-8-23)24-9-15-27(16-10-24)38-19-21-4-2-3-20(17-21)18-37-26-13-5-22(6-14-26)28(34)35/h2-17,36H,18-19H2,1H3,(H3,34,35). The number of rotatable bonds is 9. The molecule has 0 aliphatic heterocycles. The van der Waals surface area contributed by atoms with E-state index in [0.29, 0.717) is 23.7 Å². The zero-order valence-corrected chi connectivity index (χ0v) is 20.6. The van der Waals surface area contributed by atoms with Crippen LogP contribution in [0, 0.1) is 5.41 Å². The lowest BCUT2D eigenvalue weighted by atomic mass is 9.75. The Labute approximate surface area is 218 Å². The highest BCUT2D eigenvalue weighted by Crippen LogP contribution is 2.46. The summed E-state index contributed by atoms with van der Waals surface area (Å²) in [5.74, 6) is 0.984. The number of amidine groups is 1. The van der Waals surface area contributed by atoms with Crippen molar-refractivity contribution >= 4 is 5.84 Å². The molecule has 4 N–H and O–H groups in total. The van der Waals surface area contributed by atoms with Crippen molar-refractivity contribution in [3.05, 3.63) is 125 Å². The van der Waals surface area contributed by atoms with Crippen LogP contribution in [-0.4, -0.2) is 17.1 Å². The van der Waals surface area contributed by atoms with Gasteiger partial charge in [0.05, 0.1) is 0 Å². The number of alkyl halides is 3. The summed E-state index contributed by atoms with van der Waals surface area (Å²) in [4.78, 5) is 0. The molecule has 38 heavy (non-hydrogen) atoms. The molecule has 0 aliphatic rings. The maximum Gasteiger partial charge on any atom is 0.402 e. The van der Waals surface area contributed by atoms with Crippen LogP contribution in [0.4, 0.5) is 13.2 Å². The van der Waals surface area contributed by atoms with E-state index in [1.165, 1.54) is 48.5 Å². The molecule has 4 aromatic carbocycles. The third-order valence-electron chi connectivity index (χ3n) is 6.41. The lowest BCUT2D eigenvalue weighted by Gasteiger charge is -2.33. The highest BCUT2D eigenvalue weighted by atomic mass is 19.4. The molecular formula is C30H27F3N2O3. The van der Waals surface area contributed by atoms with Crippen LogP contribution in [0.15, 0.2) is 97.1 Å². The first-order chi connectivity index (χ1) is 18.1. The first-order valence-corrected chi connectivity index (χ1v) is 11.8. The summed E-state index contributed by atoms with van der Waals surface area (Å²) >= 11 is 0. The van der Waals surface area contributed by atoms with Crippen LogP contribution in [0.5, 0.6) is 17.2 Å². The summed E-state index contributed by atoms with van der Waals surface area (Å²) in [5, 5.41) is 16.9. The molecule has 0 radical (unpaired) electrons. The predicted molar refractivity (Wildman–Crippen MR) is 140 cm³/mol. The molecule has 5 nitrogen and oxygen atoms in total. The fourth-order valence-corrected chi connectivity index (χ4v) is 4.05. The van der Waals surface area contributed by atoms with Gasteiger partial charge in [0, 0.05) is 5.56 Å². The van der Waals surface area contributed by atoms with Crippen LogP contribution in [0.1, 0.15) is 34.7 Å². The lowest BCUT2D eigenvalue weighted by Crippen LogP contribution is -2.40. The van der Waals surface area contributed by atoms with Crippen molar-refractivity contribution in [1.82, 2.24) is 0 Å². The Bertz CT molecular complexity index is 1390. The van der Waals surface area contributed by atoms with Gasteiger partial charge >= 0.3 is 6.18 Å². The van der Waals surface area contributed by atoms with Gasteiger partial charge in [0.25, 0.3) is 0 Å². The normalized spacial score (nSPS) is 12.9. The Morgan fingerprint density at radius 3 is 1.66 bits per heavy atom. The smallest absolute Gasteiger partial charge is 0.402 e. The summed E-state index contributed by atoms with van der Waals surface area (Å²) in [6.45, 7) is 1.69. The summed E-state index contributed by atoms with van der Waals surface area (Å²) in [5.41, 5.74) is 5.74. The van der Waals surface area contributed by atoms with Crippen LogP contribution in [0.2, 0.25) is 0 Å². The Hall–Kier alpha value is -4.46. The van der Waals surface area contributed by atoms with Crippen molar-refractivity contribution in [2.24, 2.45) is 5.73 Å². The van der Waals surface area contributed by atoms with Gasteiger partial charge in [-0.15, -0.1) is 0 Å². The molecule has 0 heterocycles. The average molecular weight is 521 g/mol. The monoisotopic (exact) mass is 520 g/mol. The number of phenols is 1. The molecule has 0 spiro atoms. The molecule has 0 amide bonds. The summed E-state index contributed by atoms with van der Waals surface area (Å²) < 4.78 is 54.2. The Morgan fingerprint density at radius 2 is 1.21 bits per heavy atom. The molecule has 0 saturated carbocycles. The van der Waals surface area contributed by atoms with Crippen LogP contribution >= 0.6 is 0 Å². The molecule has 0 saturated heterocycles. The van der Waals surface area contributed by atoms with E-state index >= 15 is 0 Å². The van der Waals surface area contributed by atoms with E-state index in [9.17, 15) is 18.3 Å². The Morgan fingerprint density at radius 1 is 0.763 bits per heavy atom. The topological polar surface area (TPSA) is 88.6 Å². The number of hydrogen-bond donors (Lipinski definition) is 3. The van der Waals surface area contributed by atoms with Crippen LogP contribution in [0.3, 0.4) is 0 Å². The van der Waals surface area contributed by atoms with E-state index in [1.54, 1.807) is 24.3 Å². The second-order valence-electron chi connectivity index (χ2n) is 9.03. The highest BCUT2D eigenvalue weighted by Gasteiger charge is 2.53. The first kappa shape index (κ1) is 26.6. The molecule has 0 fully saturated rings. The molecule has 8 heteroatoms. The predicted octanol–water partition coefficient (Wildman–Crippen LogP) is 6.70. The van der Waals surface area contributed by atoms with Gasteiger partial charge in [0.2, 0.25) is 0 Å². The average Bonchev–Trinajstić information content (AvgIpc) is 2.91. The first-order valence-electron chi connectivity index (χ1n) is 11.8. The van der Waals surface area contributed by atoms with Crippen molar-refractivity contribution in [2.75, 3.05) is 0 Å². The number of benzene rings is 4. The number of hydrogen-bond acceptors (Lipinski definition) is 4. The fourth-order valence-electron chi connectivity index (χ4n) is 4.05. The maximum atomic E-state index is 14.2. The molecule has 1 unspecified atom stereocenters. The zero-order chi connectivity index (χ0) is 27.3. The molecule has 0 aromatic heterocycles. The molecule has 1 atom stereocenters. The minimum Gasteiger partial charge on any atom is -0.508 e. The number of phenolic OH excluding ortho intramolecular Hbond substituents is 1. The minimum absolute atomic E-state index is 0.00870. The Kier molecular flexibility index (Phi) is 7.62. The second kappa shape index (κ2) is 10.9. The van der Waals surface area contributed by atoms with E-state index in [1.807, 2.05) is 24.3 Å². The van der Waals surface area contributed by atoms with Crippen molar-refractivity contribution in [2.45, 2.75) is 31.7 Å². The number of ether oxygens (including phenoxy) is 2. The molecule has 4 aromatic rings. The van der Waals surface area contributed by atoms with Crippen LogP contribution in [0.25, 0.3) is 0 Å². The quantitative estimate of drug-likeness (QED) is 0.169. The minimum atomic E-state index is -4.55. The lowest BCUT2D eigenvalue weighted by molar-refractivity contribution is -0.173. The van der Waals surface area contributed by atoms with Gasteiger partial charge in [-0.2, -0.15) is 13.2 Å². The number of halogens is 3. The van der Waals surface area contributed by atoms with Gasteiger partial charge in [-0.25, -0.2) is 0 Å². The van der Waals surface area contributed by atoms with Crippen molar-refractivity contribution in [3.8, 4) is 17.2 Å². The molecule has 4 rings (SSSR count). The molecule has 0 aliphatic carbocycles. The fraction of sp³-hybridized carbons (Fsp3) is 0.167. The van der Waals surface area contributed by atoms with E-state index in [0.717, 1.165) is 18.1 Å². The summed E-state index contributed by atoms with van der Waals surface area (Å²) in [6, 6.07) is 25.5. The molecular weight excluding hydrogens is 493 g/mol. The van der Waals surface area contributed by atoms with Gasteiger partial charge in [-0.1, -0.05) is 42.5 Å². The SMILES string of the molecule is CC(c1ccc(O)cc1)(c1ccc(OCc2cccc(COc3ccc(C(=N)N)cc3)c2)cc1)C(F)(F)F. The third kappa shape index (κ3) is 5.91. The molecule has 0 bridgehead atoms.